The van der Waals surface area contributed by atoms with E-state index >= 15 is 0 Å². The smallest absolute Gasteiger partial charge is 0.0879 e. The first kappa shape index (κ1) is 12.2. The Labute approximate surface area is 104 Å². The number of nitriles is 1. The Bertz CT molecular complexity index is 468. The summed E-state index contributed by atoms with van der Waals surface area (Å²) in [5, 5.41) is 9.42. The highest BCUT2D eigenvalue weighted by Gasteiger charge is 2.62. The molecular formula is C16H21N. The highest BCUT2D eigenvalue weighted by atomic mass is 14.6. The summed E-state index contributed by atoms with van der Waals surface area (Å²) in [5.41, 5.74) is 2.57. The summed E-state index contributed by atoms with van der Waals surface area (Å²) in [4.78, 5) is 0. The highest BCUT2D eigenvalue weighted by molar-refractivity contribution is 5.45. The van der Waals surface area contributed by atoms with Crippen molar-refractivity contribution < 1.29 is 0 Å². The van der Waals surface area contributed by atoms with Crippen LogP contribution >= 0.6 is 0 Å². The van der Waals surface area contributed by atoms with Crippen molar-refractivity contribution in [2.45, 2.75) is 51.9 Å². The second-order valence-electron chi connectivity index (χ2n) is 6.91. The Balaban J connectivity index is 2.36. The van der Waals surface area contributed by atoms with Gasteiger partial charge in [-0.3, -0.25) is 0 Å². The van der Waals surface area contributed by atoms with E-state index in [1.165, 1.54) is 11.1 Å². The Hall–Kier alpha value is -1.29. The lowest BCUT2D eigenvalue weighted by Crippen LogP contribution is -2.14. The fourth-order valence-corrected chi connectivity index (χ4v) is 2.62. The zero-order valence-corrected chi connectivity index (χ0v) is 11.5. The van der Waals surface area contributed by atoms with Gasteiger partial charge in [0.25, 0.3) is 0 Å². The summed E-state index contributed by atoms with van der Waals surface area (Å²) in [6, 6.07) is 11.1. The average Bonchev–Trinajstić information content (AvgIpc) is 2.81. The average molecular weight is 227 g/mol. The molecule has 1 heteroatoms. The van der Waals surface area contributed by atoms with Gasteiger partial charge in [-0.2, -0.15) is 5.26 Å². The summed E-state index contributed by atoms with van der Waals surface area (Å²) in [7, 11) is 0. The maximum absolute atomic E-state index is 9.42. The molecule has 1 atom stereocenters. The normalized spacial score (nSPS) is 26.4. The molecule has 1 unspecified atom stereocenters. The monoisotopic (exact) mass is 227 g/mol. The van der Waals surface area contributed by atoms with E-state index in [-0.39, 0.29) is 16.2 Å². The van der Waals surface area contributed by atoms with E-state index in [1.54, 1.807) is 0 Å². The fraction of sp³-hybridized carbons (Fsp3) is 0.562. The van der Waals surface area contributed by atoms with Gasteiger partial charge in [0.15, 0.2) is 0 Å². The first-order chi connectivity index (χ1) is 7.73. The lowest BCUT2D eigenvalue weighted by Gasteiger charge is -2.20. The predicted octanol–water partition coefficient (Wildman–Crippen LogP) is 4.18. The molecule has 0 amide bonds. The van der Waals surface area contributed by atoms with E-state index in [2.05, 4.69) is 65.0 Å². The molecule has 0 radical (unpaired) electrons. The van der Waals surface area contributed by atoms with E-state index < -0.39 is 0 Å². The number of hydrogen-bond donors (Lipinski definition) is 0. The third-order valence-corrected chi connectivity index (χ3v) is 4.17. The first-order valence-corrected chi connectivity index (χ1v) is 6.25. The van der Waals surface area contributed by atoms with Crippen LogP contribution in [-0.2, 0) is 10.8 Å². The molecular weight excluding hydrogens is 206 g/mol. The van der Waals surface area contributed by atoms with Gasteiger partial charge in [-0.25, -0.2) is 0 Å². The molecule has 1 aromatic carbocycles. The topological polar surface area (TPSA) is 23.8 Å². The molecule has 90 valence electrons. The number of hydrogen-bond acceptors (Lipinski definition) is 1. The van der Waals surface area contributed by atoms with Gasteiger partial charge in [0.1, 0.15) is 0 Å². The quantitative estimate of drug-likeness (QED) is 0.706. The van der Waals surface area contributed by atoms with Crippen molar-refractivity contribution in [1.82, 2.24) is 0 Å². The molecule has 0 bridgehead atoms. The van der Waals surface area contributed by atoms with Crippen LogP contribution in [0.1, 0.15) is 52.2 Å². The van der Waals surface area contributed by atoms with Crippen molar-refractivity contribution in [3.63, 3.8) is 0 Å². The van der Waals surface area contributed by atoms with Crippen LogP contribution in [0.5, 0.6) is 0 Å². The number of benzene rings is 1. The summed E-state index contributed by atoms with van der Waals surface area (Å²) in [6.45, 7) is 11.0. The van der Waals surface area contributed by atoms with Crippen molar-refractivity contribution in [1.29, 1.82) is 5.26 Å². The highest BCUT2D eigenvalue weighted by Crippen LogP contribution is 2.63. The minimum Gasteiger partial charge on any atom is -0.197 e. The minimum atomic E-state index is -0.247. The zero-order chi connectivity index (χ0) is 12.9. The third kappa shape index (κ3) is 1.76. The molecule has 2 rings (SSSR count). The van der Waals surface area contributed by atoms with Gasteiger partial charge < -0.3 is 0 Å². The molecule has 0 aliphatic heterocycles. The molecule has 0 aromatic heterocycles. The second-order valence-corrected chi connectivity index (χ2v) is 6.91. The molecule has 1 saturated carbocycles. The van der Waals surface area contributed by atoms with Gasteiger partial charge in [-0.1, -0.05) is 58.9 Å². The summed E-state index contributed by atoms with van der Waals surface area (Å²) in [6.07, 6.45) is 0.978. The zero-order valence-electron chi connectivity index (χ0n) is 11.5. The van der Waals surface area contributed by atoms with Crippen molar-refractivity contribution >= 4 is 0 Å². The minimum absolute atomic E-state index is 0.130. The molecule has 1 fully saturated rings. The first-order valence-electron chi connectivity index (χ1n) is 6.25. The molecule has 1 aliphatic rings. The summed E-state index contributed by atoms with van der Waals surface area (Å²) in [5.74, 6) is 0. The largest absolute Gasteiger partial charge is 0.197 e. The van der Waals surface area contributed by atoms with Crippen LogP contribution in [0.2, 0.25) is 0 Å². The van der Waals surface area contributed by atoms with Crippen molar-refractivity contribution in [2.24, 2.45) is 5.41 Å². The third-order valence-electron chi connectivity index (χ3n) is 4.17. The molecule has 0 saturated heterocycles. The Morgan fingerprint density at radius 2 is 1.59 bits per heavy atom. The SMILES string of the molecule is CC(C)(C)c1ccc(C2(C#N)CC2(C)C)cc1. The van der Waals surface area contributed by atoms with Crippen LogP contribution < -0.4 is 0 Å². The van der Waals surface area contributed by atoms with Crippen LogP contribution in [0.3, 0.4) is 0 Å². The van der Waals surface area contributed by atoms with E-state index in [4.69, 9.17) is 0 Å². The maximum atomic E-state index is 9.42. The van der Waals surface area contributed by atoms with Gasteiger partial charge in [-0.15, -0.1) is 0 Å². The lowest BCUT2D eigenvalue weighted by molar-refractivity contribution is 0.567. The second kappa shape index (κ2) is 3.35. The summed E-state index contributed by atoms with van der Waals surface area (Å²) < 4.78 is 0. The molecule has 0 N–H and O–H groups in total. The van der Waals surface area contributed by atoms with Crippen molar-refractivity contribution in [3.05, 3.63) is 35.4 Å². The maximum Gasteiger partial charge on any atom is 0.0879 e. The van der Waals surface area contributed by atoms with E-state index in [9.17, 15) is 5.26 Å². The van der Waals surface area contributed by atoms with Crippen LogP contribution in [0.15, 0.2) is 24.3 Å². The molecule has 17 heavy (non-hydrogen) atoms. The molecule has 1 aliphatic carbocycles. The van der Waals surface area contributed by atoms with E-state index in [0.717, 1.165) is 6.42 Å². The predicted molar refractivity (Wildman–Crippen MR) is 70.8 cm³/mol. The molecule has 1 nitrogen and oxygen atoms in total. The Morgan fingerprint density at radius 3 is 1.88 bits per heavy atom. The van der Waals surface area contributed by atoms with Crippen LogP contribution in [0.4, 0.5) is 0 Å². The Kier molecular flexibility index (Phi) is 2.40. The van der Waals surface area contributed by atoms with Crippen molar-refractivity contribution in [2.75, 3.05) is 0 Å². The van der Waals surface area contributed by atoms with Crippen molar-refractivity contribution in [3.8, 4) is 6.07 Å². The van der Waals surface area contributed by atoms with Gasteiger partial charge >= 0.3 is 0 Å². The van der Waals surface area contributed by atoms with Gasteiger partial charge in [-0.05, 0) is 28.4 Å². The van der Waals surface area contributed by atoms with E-state index in [1.807, 2.05) is 0 Å². The number of nitrogens with zero attached hydrogens (tertiary/aromatic N) is 1. The Morgan fingerprint density at radius 1 is 1.12 bits per heavy atom. The molecule has 0 heterocycles. The van der Waals surface area contributed by atoms with Crippen LogP contribution in [0.25, 0.3) is 0 Å². The fourth-order valence-electron chi connectivity index (χ4n) is 2.62. The summed E-state index contributed by atoms with van der Waals surface area (Å²) >= 11 is 0. The molecule has 0 spiro atoms. The standard InChI is InChI=1S/C16H21N/c1-14(2,3)12-6-8-13(9-7-12)16(11-17)10-15(16,4)5/h6-9H,10H2,1-5H3. The van der Waals surface area contributed by atoms with Crippen LogP contribution in [-0.4, -0.2) is 0 Å². The van der Waals surface area contributed by atoms with E-state index in [0.29, 0.717) is 0 Å². The lowest BCUT2D eigenvalue weighted by atomic mass is 9.83. The molecule has 1 aromatic rings. The van der Waals surface area contributed by atoms with Gasteiger partial charge in [0.2, 0.25) is 0 Å². The number of rotatable bonds is 1. The van der Waals surface area contributed by atoms with Gasteiger partial charge in [0, 0.05) is 0 Å². The van der Waals surface area contributed by atoms with Gasteiger partial charge in [0.05, 0.1) is 11.5 Å². The van der Waals surface area contributed by atoms with Crippen LogP contribution in [0, 0.1) is 16.7 Å².